The van der Waals surface area contributed by atoms with E-state index in [0.717, 1.165) is 109 Å². The maximum Gasteiger partial charge on any atom is 0.335 e. The number of hydrogen-bond donors (Lipinski definition) is 3. The van der Waals surface area contributed by atoms with Crippen LogP contribution in [-0.2, 0) is 42.9 Å². The molecule has 418 valence electrons. The fourth-order valence-corrected chi connectivity index (χ4v) is 7.27. The van der Waals surface area contributed by atoms with Crippen LogP contribution in [-0.4, -0.2) is 89.2 Å². The van der Waals surface area contributed by atoms with Crippen LogP contribution < -0.4 is 0 Å². The summed E-state index contributed by atoms with van der Waals surface area (Å²) in [5.41, 5.74) is 0. The molecular formula is C63H94O12. The van der Waals surface area contributed by atoms with Gasteiger partial charge in [0, 0.05) is 12.8 Å². The highest BCUT2D eigenvalue weighted by molar-refractivity contribution is 5.74. The first-order chi connectivity index (χ1) is 36.6. The van der Waals surface area contributed by atoms with Crippen molar-refractivity contribution in [1.82, 2.24) is 0 Å². The quantitative estimate of drug-likeness (QED) is 0.0228. The van der Waals surface area contributed by atoms with E-state index >= 15 is 0 Å². The number of hydrogen-bond acceptors (Lipinski definition) is 11. The zero-order valence-electron chi connectivity index (χ0n) is 45.7. The number of ether oxygens (including phenoxy) is 5. The van der Waals surface area contributed by atoms with Gasteiger partial charge in [-0.25, -0.2) is 4.79 Å². The van der Waals surface area contributed by atoms with Gasteiger partial charge in [0.15, 0.2) is 24.6 Å². The number of rotatable bonds is 44. The van der Waals surface area contributed by atoms with Gasteiger partial charge >= 0.3 is 23.9 Å². The summed E-state index contributed by atoms with van der Waals surface area (Å²) in [4.78, 5) is 51.0. The standard InChI is InChI=1S/C63H94O12/c1-4-7-10-13-16-19-22-25-28-31-34-37-40-43-46-49-55(64)71-52-54(73-56(65)50-47-44-41-38-35-32-29-26-23-20-17-14-11-8-5-2)53-72-63-61(59(68)58(67)60(75-63)62(69)70)74-57(66)51-48-45-42-39-36-33-30-27-24-21-18-15-12-9-6-3/h7-12,16-21,25-30,34,36-37,39,43,46,54,58-61,63,67-68H,4-6,13-15,22-24,31-33,35,38,40-42,44-45,47-53H2,1-3H3,(H,69,70)/b10-7-,11-8-,12-9-,19-16-,20-17-,21-18-,28-25-,29-26-,30-27-,37-34-,39-36-,46-43-. The van der Waals surface area contributed by atoms with Gasteiger partial charge in [0.05, 0.1) is 13.0 Å². The van der Waals surface area contributed by atoms with Crippen molar-refractivity contribution in [2.24, 2.45) is 0 Å². The number of carbonyl (C=O) groups excluding carboxylic acids is 3. The van der Waals surface area contributed by atoms with E-state index < -0.39 is 73.9 Å². The van der Waals surface area contributed by atoms with Crippen LogP contribution in [0.1, 0.15) is 175 Å². The van der Waals surface area contributed by atoms with Crippen molar-refractivity contribution < 1.29 is 58.2 Å². The first-order valence-corrected chi connectivity index (χ1v) is 27.8. The fraction of sp³-hybridized carbons (Fsp3) is 0.556. The normalized spacial score (nSPS) is 19.3. The third-order valence-electron chi connectivity index (χ3n) is 11.4. The number of unbranched alkanes of at least 4 members (excludes halogenated alkanes) is 7. The molecule has 12 heteroatoms. The van der Waals surface area contributed by atoms with E-state index in [4.69, 9.17) is 23.7 Å². The Morgan fingerprint density at radius 1 is 0.453 bits per heavy atom. The molecule has 0 amide bonds. The molecule has 0 aliphatic carbocycles. The van der Waals surface area contributed by atoms with Gasteiger partial charge in [-0.05, 0) is 116 Å². The minimum atomic E-state index is -1.94. The summed E-state index contributed by atoms with van der Waals surface area (Å²) in [6.07, 6.45) is 58.5. The fourth-order valence-electron chi connectivity index (χ4n) is 7.27. The lowest BCUT2D eigenvalue weighted by Crippen LogP contribution is -2.61. The highest BCUT2D eigenvalue weighted by atomic mass is 16.7. The SMILES string of the molecule is CC/C=C\C/C=C\C/C=C\C/C=C\C/C=C\CC(=O)OCC(COC1OC(C(=O)O)C(O)C(O)C1OC(=O)CCCC/C=C\C/C=C\C/C=C\C/C=C\CC)OC(=O)CCCCCCC/C=C\C/C=C\C/C=C\CC. The number of carboxylic acid groups (broad SMARTS) is 1. The van der Waals surface area contributed by atoms with Crippen LogP contribution >= 0.6 is 0 Å². The number of carboxylic acids is 1. The Bertz CT molecular complexity index is 1860. The predicted octanol–water partition coefficient (Wildman–Crippen LogP) is 14.0. The second kappa shape index (κ2) is 49.5. The number of aliphatic hydroxyl groups excluding tert-OH is 2. The molecule has 1 saturated heterocycles. The third kappa shape index (κ3) is 39.7. The highest BCUT2D eigenvalue weighted by Crippen LogP contribution is 2.26. The summed E-state index contributed by atoms with van der Waals surface area (Å²) in [7, 11) is 0. The van der Waals surface area contributed by atoms with Crippen molar-refractivity contribution >= 4 is 23.9 Å². The molecule has 0 saturated carbocycles. The van der Waals surface area contributed by atoms with Crippen molar-refractivity contribution in [2.45, 2.75) is 212 Å². The van der Waals surface area contributed by atoms with E-state index in [1.807, 2.05) is 18.2 Å². The summed E-state index contributed by atoms with van der Waals surface area (Å²) >= 11 is 0. The van der Waals surface area contributed by atoms with Crippen molar-refractivity contribution in [3.8, 4) is 0 Å². The Morgan fingerprint density at radius 2 is 0.840 bits per heavy atom. The Morgan fingerprint density at radius 3 is 1.31 bits per heavy atom. The van der Waals surface area contributed by atoms with E-state index in [9.17, 15) is 34.5 Å². The van der Waals surface area contributed by atoms with Crippen molar-refractivity contribution in [3.63, 3.8) is 0 Å². The lowest BCUT2D eigenvalue weighted by atomic mass is 9.98. The van der Waals surface area contributed by atoms with E-state index in [1.54, 1.807) is 6.08 Å². The molecule has 75 heavy (non-hydrogen) atoms. The molecule has 0 bridgehead atoms. The van der Waals surface area contributed by atoms with E-state index in [-0.39, 0.29) is 19.3 Å². The molecule has 1 fully saturated rings. The average molecular weight is 1040 g/mol. The molecule has 1 heterocycles. The van der Waals surface area contributed by atoms with Gasteiger partial charge in [-0.3, -0.25) is 14.4 Å². The lowest BCUT2D eigenvalue weighted by molar-refractivity contribution is -0.301. The van der Waals surface area contributed by atoms with Crippen molar-refractivity contribution in [2.75, 3.05) is 13.2 Å². The molecule has 3 N–H and O–H groups in total. The van der Waals surface area contributed by atoms with Gasteiger partial charge < -0.3 is 39.0 Å². The van der Waals surface area contributed by atoms with Crippen LogP contribution in [0.25, 0.3) is 0 Å². The minimum Gasteiger partial charge on any atom is -0.479 e. The highest BCUT2D eigenvalue weighted by Gasteiger charge is 2.50. The molecule has 6 unspecified atom stereocenters. The largest absolute Gasteiger partial charge is 0.479 e. The summed E-state index contributed by atoms with van der Waals surface area (Å²) in [5.74, 6) is -3.39. The Labute approximate surface area is 451 Å². The van der Waals surface area contributed by atoms with Gasteiger partial charge in [0.25, 0.3) is 0 Å². The zero-order chi connectivity index (χ0) is 54.7. The van der Waals surface area contributed by atoms with E-state index in [2.05, 4.69) is 142 Å². The molecule has 0 aromatic heterocycles. The number of carbonyl (C=O) groups is 4. The zero-order valence-corrected chi connectivity index (χ0v) is 45.7. The van der Waals surface area contributed by atoms with E-state index in [1.165, 1.54) is 0 Å². The van der Waals surface area contributed by atoms with Crippen LogP contribution in [0.3, 0.4) is 0 Å². The minimum absolute atomic E-state index is 0.0114. The van der Waals surface area contributed by atoms with Gasteiger partial charge in [-0.2, -0.15) is 0 Å². The molecule has 6 atom stereocenters. The predicted molar refractivity (Wildman–Crippen MR) is 302 cm³/mol. The Hall–Kier alpha value is -5.40. The molecule has 0 aromatic rings. The van der Waals surface area contributed by atoms with Gasteiger partial charge in [-0.15, -0.1) is 0 Å². The van der Waals surface area contributed by atoms with Crippen molar-refractivity contribution in [1.29, 1.82) is 0 Å². The van der Waals surface area contributed by atoms with Crippen molar-refractivity contribution in [3.05, 3.63) is 146 Å². The number of aliphatic hydroxyl groups is 2. The molecule has 1 rings (SSSR count). The lowest BCUT2D eigenvalue weighted by Gasteiger charge is -2.40. The third-order valence-corrected chi connectivity index (χ3v) is 11.4. The van der Waals surface area contributed by atoms with Gasteiger partial charge in [0.2, 0.25) is 0 Å². The summed E-state index contributed by atoms with van der Waals surface area (Å²) < 4.78 is 28.2. The monoisotopic (exact) mass is 1040 g/mol. The Kier molecular flexibility index (Phi) is 44.6. The maximum absolute atomic E-state index is 13.1. The summed E-state index contributed by atoms with van der Waals surface area (Å²) in [5, 5.41) is 31.4. The molecule has 0 spiro atoms. The average Bonchev–Trinajstić information content (AvgIpc) is 3.39. The second-order valence-electron chi connectivity index (χ2n) is 18.1. The number of esters is 3. The first kappa shape index (κ1) is 67.6. The molecule has 1 aliphatic rings. The molecule has 12 nitrogen and oxygen atoms in total. The summed E-state index contributed by atoms with van der Waals surface area (Å²) in [6, 6.07) is 0. The molecule has 1 aliphatic heterocycles. The molecular weight excluding hydrogens is 949 g/mol. The molecule has 0 radical (unpaired) electrons. The second-order valence-corrected chi connectivity index (χ2v) is 18.1. The topological polar surface area (TPSA) is 175 Å². The van der Waals surface area contributed by atoms with Crippen LogP contribution in [0.15, 0.2) is 146 Å². The van der Waals surface area contributed by atoms with Crippen LogP contribution in [0.2, 0.25) is 0 Å². The van der Waals surface area contributed by atoms with Gasteiger partial charge in [-0.1, -0.05) is 186 Å². The van der Waals surface area contributed by atoms with Crippen LogP contribution in [0.5, 0.6) is 0 Å². The maximum atomic E-state index is 13.1. The Balaban J connectivity index is 2.82. The number of allylic oxidation sites excluding steroid dienone is 23. The van der Waals surface area contributed by atoms with Gasteiger partial charge in [0.1, 0.15) is 18.8 Å². The van der Waals surface area contributed by atoms with Crippen LogP contribution in [0.4, 0.5) is 0 Å². The molecule has 0 aromatic carbocycles. The summed E-state index contributed by atoms with van der Waals surface area (Å²) in [6.45, 7) is 5.49. The van der Waals surface area contributed by atoms with E-state index in [0.29, 0.717) is 25.7 Å². The van der Waals surface area contributed by atoms with Crippen LogP contribution in [0, 0.1) is 0 Å². The smallest absolute Gasteiger partial charge is 0.335 e. The number of aliphatic carboxylic acids is 1. The first-order valence-electron chi connectivity index (χ1n) is 27.8.